The Hall–Kier alpha value is -3.45. The average Bonchev–Trinajstić information content (AvgIpc) is 3.00. The van der Waals surface area contributed by atoms with Crippen LogP contribution in [-0.4, -0.2) is 26.4 Å². The highest BCUT2D eigenvalue weighted by Gasteiger charge is 2.26. The summed E-state index contributed by atoms with van der Waals surface area (Å²) in [5.41, 5.74) is 3.58. The van der Waals surface area contributed by atoms with E-state index in [9.17, 15) is 13.2 Å². The molecule has 7 heteroatoms. The normalized spacial score (nSPS) is 13.7. The second kappa shape index (κ2) is 7.52. The minimum atomic E-state index is -3.77. The number of hydrogen-bond donors (Lipinski definition) is 1. The number of nitrogens with one attached hydrogen (secondary N) is 1. The van der Waals surface area contributed by atoms with Crippen LogP contribution in [0.25, 0.3) is 12.2 Å². The Morgan fingerprint density at radius 3 is 2.69 bits per heavy atom. The van der Waals surface area contributed by atoms with Crippen LogP contribution in [0.1, 0.15) is 16.8 Å². The van der Waals surface area contributed by atoms with Gasteiger partial charge in [-0.15, -0.1) is 0 Å². The van der Waals surface area contributed by atoms with Gasteiger partial charge in [0.1, 0.15) is 0 Å². The number of sulfonamides is 1. The van der Waals surface area contributed by atoms with Gasteiger partial charge >= 0.3 is 0 Å². The van der Waals surface area contributed by atoms with Crippen molar-refractivity contribution in [2.75, 3.05) is 16.7 Å². The first-order valence-electron chi connectivity index (χ1n) is 9.04. The van der Waals surface area contributed by atoms with Crippen LogP contribution in [0.5, 0.6) is 0 Å². The van der Waals surface area contributed by atoms with Crippen LogP contribution in [0, 0.1) is 0 Å². The van der Waals surface area contributed by atoms with Gasteiger partial charge in [-0.25, -0.2) is 8.42 Å². The fourth-order valence-corrected chi connectivity index (χ4v) is 4.29. The highest BCUT2D eigenvalue weighted by atomic mass is 32.2. The molecule has 2 heterocycles. The zero-order valence-electron chi connectivity index (χ0n) is 15.7. The highest BCUT2D eigenvalue weighted by molar-refractivity contribution is 7.92. The molecule has 2 aromatic carbocycles. The lowest BCUT2D eigenvalue weighted by atomic mass is 10.2. The lowest BCUT2D eigenvalue weighted by Gasteiger charge is -2.12. The van der Waals surface area contributed by atoms with Crippen LogP contribution in [0.2, 0.25) is 0 Å². The van der Waals surface area contributed by atoms with E-state index in [0.29, 0.717) is 11.3 Å². The molecule has 1 amide bonds. The SMILES string of the molecule is CN1C(=O)Cc2cc(S(=O)(=O)Nc3cccc(/C=C/c4ccccn4)c3)ccc21. The highest BCUT2D eigenvalue weighted by Crippen LogP contribution is 2.30. The van der Waals surface area contributed by atoms with Crippen LogP contribution in [0.4, 0.5) is 11.4 Å². The van der Waals surface area contributed by atoms with Gasteiger partial charge in [0.2, 0.25) is 5.91 Å². The number of aromatic nitrogens is 1. The predicted molar refractivity (Wildman–Crippen MR) is 114 cm³/mol. The average molecular weight is 405 g/mol. The van der Waals surface area contributed by atoms with Gasteiger partial charge in [0.15, 0.2) is 0 Å². The van der Waals surface area contributed by atoms with E-state index in [-0.39, 0.29) is 17.2 Å². The summed E-state index contributed by atoms with van der Waals surface area (Å²) in [6.07, 6.45) is 5.66. The predicted octanol–water partition coefficient (Wildman–Crippen LogP) is 3.57. The van der Waals surface area contributed by atoms with E-state index >= 15 is 0 Å². The minimum Gasteiger partial charge on any atom is -0.315 e. The van der Waals surface area contributed by atoms with E-state index in [1.807, 2.05) is 36.4 Å². The van der Waals surface area contributed by atoms with Crippen molar-refractivity contribution in [3.8, 4) is 0 Å². The molecule has 0 saturated heterocycles. The maximum atomic E-state index is 12.8. The van der Waals surface area contributed by atoms with Crippen LogP contribution in [-0.2, 0) is 21.2 Å². The molecule has 29 heavy (non-hydrogen) atoms. The Kier molecular flexibility index (Phi) is 4.90. The van der Waals surface area contributed by atoms with Crippen molar-refractivity contribution < 1.29 is 13.2 Å². The fraction of sp³-hybridized carbons (Fsp3) is 0.0909. The lowest BCUT2D eigenvalue weighted by Crippen LogP contribution is -2.20. The third-order valence-electron chi connectivity index (χ3n) is 4.71. The fourth-order valence-electron chi connectivity index (χ4n) is 3.19. The zero-order chi connectivity index (χ0) is 20.4. The van der Waals surface area contributed by atoms with Gasteiger partial charge < -0.3 is 4.90 Å². The molecule has 1 N–H and O–H groups in total. The van der Waals surface area contributed by atoms with E-state index in [1.165, 1.54) is 11.0 Å². The maximum Gasteiger partial charge on any atom is 0.261 e. The number of nitrogens with zero attached hydrogens (tertiary/aromatic N) is 2. The summed E-state index contributed by atoms with van der Waals surface area (Å²) >= 11 is 0. The number of anilines is 2. The lowest BCUT2D eigenvalue weighted by molar-refractivity contribution is -0.117. The van der Waals surface area contributed by atoms with Crippen molar-refractivity contribution in [2.45, 2.75) is 11.3 Å². The van der Waals surface area contributed by atoms with E-state index < -0.39 is 10.0 Å². The summed E-state index contributed by atoms with van der Waals surface area (Å²) in [5, 5.41) is 0. The summed E-state index contributed by atoms with van der Waals surface area (Å²) in [6, 6.07) is 17.5. The molecule has 0 fully saturated rings. The van der Waals surface area contributed by atoms with E-state index in [0.717, 1.165) is 16.9 Å². The summed E-state index contributed by atoms with van der Waals surface area (Å²) in [4.78, 5) is 17.7. The maximum absolute atomic E-state index is 12.8. The molecule has 0 aliphatic carbocycles. The summed E-state index contributed by atoms with van der Waals surface area (Å²) < 4.78 is 28.2. The first-order chi connectivity index (χ1) is 13.9. The Morgan fingerprint density at radius 1 is 1.03 bits per heavy atom. The van der Waals surface area contributed by atoms with Crippen molar-refractivity contribution in [1.82, 2.24) is 4.98 Å². The molecule has 1 aliphatic heterocycles. The molecule has 1 aliphatic rings. The van der Waals surface area contributed by atoms with Crippen molar-refractivity contribution in [1.29, 1.82) is 0 Å². The van der Waals surface area contributed by atoms with Crippen LogP contribution in [0.3, 0.4) is 0 Å². The second-order valence-corrected chi connectivity index (χ2v) is 8.42. The van der Waals surface area contributed by atoms with E-state index in [2.05, 4.69) is 9.71 Å². The first-order valence-corrected chi connectivity index (χ1v) is 10.5. The third-order valence-corrected chi connectivity index (χ3v) is 6.09. The number of benzene rings is 2. The van der Waals surface area contributed by atoms with E-state index in [1.54, 1.807) is 43.6 Å². The topological polar surface area (TPSA) is 79.4 Å². The van der Waals surface area contributed by atoms with Crippen LogP contribution >= 0.6 is 0 Å². The minimum absolute atomic E-state index is 0.0464. The molecular formula is C22H19N3O3S. The first kappa shape index (κ1) is 18.9. The van der Waals surface area contributed by atoms with Crippen molar-refractivity contribution in [3.63, 3.8) is 0 Å². The molecule has 0 radical (unpaired) electrons. The molecule has 6 nitrogen and oxygen atoms in total. The number of carbonyl (C=O) groups excluding carboxylic acids is 1. The molecule has 0 saturated carbocycles. The molecule has 0 unspecified atom stereocenters. The second-order valence-electron chi connectivity index (χ2n) is 6.74. The Bertz CT molecular complexity index is 1200. The van der Waals surface area contributed by atoms with Gasteiger partial charge in [-0.3, -0.25) is 14.5 Å². The molecular weight excluding hydrogens is 386 g/mol. The van der Waals surface area contributed by atoms with Gasteiger partial charge in [0.25, 0.3) is 10.0 Å². The van der Waals surface area contributed by atoms with Gasteiger partial charge in [0, 0.05) is 24.6 Å². The van der Waals surface area contributed by atoms with Crippen molar-refractivity contribution in [3.05, 3.63) is 83.7 Å². The van der Waals surface area contributed by atoms with Crippen LogP contribution < -0.4 is 9.62 Å². The zero-order valence-corrected chi connectivity index (χ0v) is 16.6. The summed E-state index contributed by atoms with van der Waals surface area (Å²) in [6.45, 7) is 0. The molecule has 0 atom stereocenters. The molecule has 3 aromatic rings. The number of fused-ring (bicyclic) bond motifs is 1. The smallest absolute Gasteiger partial charge is 0.261 e. The molecule has 0 bridgehead atoms. The van der Waals surface area contributed by atoms with Gasteiger partial charge in [-0.1, -0.05) is 24.3 Å². The number of rotatable bonds is 5. The molecule has 0 spiro atoms. The number of likely N-dealkylation sites (N-methyl/N-ethyl adjacent to an activating group) is 1. The number of hydrogen-bond acceptors (Lipinski definition) is 4. The van der Waals surface area contributed by atoms with Crippen molar-refractivity contribution in [2.24, 2.45) is 0 Å². The number of pyridine rings is 1. The Balaban J connectivity index is 1.55. The Labute approximate surface area is 169 Å². The van der Waals surface area contributed by atoms with Gasteiger partial charge in [-0.05, 0) is 59.7 Å². The van der Waals surface area contributed by atoms with Gasteiger partial charge in [0.05, 0.1) is 17.0 Å². The van der Waals surface area contributed by atoms with E-state index in [4.69, 9.17) is 0 Å². The molecule has 4 rings (SSSR count). The molecule has 1 aromatic heterocycles. The largest absolute Gasteiger partial charge is 0.315 e. The van der Waals surface area contributed by atoms with Crippen molar-refractivity contribution >= 4 is 39.5 Å². The monoisotopic (exact) mass is 405 g/mol. The number of amides is 1. The van der Waals surface area contributed by atoms with Gasteiger partial charge in [-0.2, -0.15) is 0 Å². The summed E-state index contributed by atoms with van der Waals surface area (Å²) in [5.74, 6) is -0.0464. The quantitative estimate of drug-likeness (QED) is 0.704. The third kappa shape index (κ3) is 4.05. The Morgan fingerprint density at radius 2 is 1.90 bits per heavy atom. The molecule has 146 valence electrons. The standard InChI is InChI=1S/C22H19N3O3S/c1-25-21-11-10-20(14-17(21)15-22(25)26)29(27,28)24-19-7-4-5-16(13-19)8-9-18-6-2-3-12-23-18/h2-14,24H,15H2,1H3/b9-8+. The summed E-state index contributed by atoms with van der Waals surface area (Å²) in [7, 11) is -2.08. The van der Waals surface area contributed by atoms with Crippen LogP contribution in [0.15, 0.2) is 71.8 Å². The number of carbonyl (C=O) groups is 1.